The van der Waals surface area contributed by atoms with E-state index >= 15 is 0 Å². The first-order valence-corrected chi connectivity index (χ1v) is 12.6. The van der Waals surface area contributed by atoms with Crippen LogP contribution in [-0.2, 0) is 4.79 Å². The summed E-state index contributed by atoms with van der Waals surface area (Å²) >= 11 is 1.88. The van der Waals surface area contributed by atoms with Crippen molar-refractivity contribution in [2.45, 2.75) is 94.6 Å². The van der Waals surface area contributed by atoms with Crippen LogP contribution >= 0.6 is 11.8 Å². The molecule has 3 aliphatic rings. The Labute approximate surface area is 173 Å². The molecule has 1 aliphatic heterocycles. The zero-order valence-electron chi connectivity index (χ0n) is 17.1. The maximum atomic E-state index is 13.1. The Kier molecular flexibility index (Phi) is 7.32. The lowest BCUT2D eigenvalue weighted by Gasteiger charge is -2.34. The number of aromatic nitrogens is 2. The van der Waals surface area contributed by atoms with E-state index in [0.717, 1.165) is 43.4 Å². The third-order valence-corrected chi connectivity index (χ3v) is 7.96. The highest BCUT2D eigenvalue weighted by molar-refractivity contribution is 7.99. The van der Waals surface area contributed by atoms with E-state index in [1.165, 1.54) is 70.6 Å². The first kappa shape index (κ1) is 20.2. The van der Waals surface area contributed by atoms with E-state index in [9.17, 15) is 4.79 Å². The summed E-state index contributed by atoms with van der Waals surface area (Å²) in [6, 6.07) is 0. The number of amides is 1. The van der Waals surface area contributed by atoms with Crippen molar-refractivity contribution >= 4 is 17.7 Å². The van der Waals surface area contributed by atoms with Gasteiger partial charge in [0, 0.05) is 30.7 Å². The number of carbonyl (C=O) groups excluding carboxylic acids is 1. The van der Waals surface area contributed by atoms with Gasteiger partial charge < -0.3 is 9.42 Å². The lowest BCUT2D eigenvalue weighted by atomic mass is 9.90. The second-order valence-corrected chi connectivity index (χ2v) is 10.2. The Morgan fingerprint density at radius 2 is 1.57 bits per heavy atom. The van der Waals surface area contributed by atoms with Crippen LogP contribution in [0.15, 0.2) is 4.52 Å². The first-order valence-electron chi connectivity index (χ1n) is 11.5. The summed E-state index contributed by atoms with van der Waals surface area (Å²) in [5, 5.41) is 4.50. The Bertz CT molecular complexity index is 619. The van der Waals surface area contributed by atoms with Crippen LogP contribution in [0.4, 0.5) is 0 Å². The highest BCUT2D eigenvalue weighted by Gasteiger charge is 2.32. The smallest absolute Gasteiger partial charge is 0.229 e. The van der Waals surface area contributed by atoms with Gasteiger partial charge >= 0.3 is 0 Å². The topological polar surface area (TPSA) is 59.2 Å². The first-order chi connectivity index (χ1) is 13.8. The van der Waals surface area contributed by atoms with E-state index in [2.05, 4.69) is 10.1 Å². The molecule has 1 saturated heterocycles. The van der Waals surface area contributed by atoms with Crippen LogP contribution in [0.2, 0.25) is 0 Å². The van der Waals surface area contributed by atoms with Crippen LogP contribution in [0.3, 0.4) is 0 Å². The molecule has 5 nitrogen and oxygen atoms in total. The van der Waals surface area contributed by atoms with Crippen molar-refractivity contribution in [1.29, 1.82) is 0 Å². The molecule has 2 heterocycles. The van der Waals surface area contributed by atoms with E-state index in [1.54, 1.807) is 0 Å². The molecule has 0 N–H and O–H groups in total. The maximum Gasteiger partial charge on any atom is 0.229 e. The molecule has 0 bridgehead atoms. The molecule has 4 rings (SSSR count). The van der Waals surface area contributed by atoms with Crippen molar-refractivity contribution in [1.82, 2.24) is 15.0 Å². The predicted octanol–water partition coefficient (Wildman–Crippen LogP) is 5.48. The van der Waals surface area contributed by atoms with Gasteiger partial charge in [-0.15, -0.1) is 11.8 Å². The Balaban J connectivity index is 1.37. The van der Waals surface area contributed by atoms with Gasteiger partial charge in [-0.3, -0.25) is 4.79 Å². The number of thioether (sulfide) groups is 1. The molecule has 6 heteroatoms. The van der Waals surface area contributed by atoms with Gasteiger partial charge in [0.05, 0.1) is 5.25 Å². The molecule has 1 amide bonds. The molecule has 28 heavy (non-hydrogen) atoms. The second-order valence-electron chi connectivity index (χ2n) is 8.87. The molecule has 1 aromatic heterocycles. The van der Waals surface area contributed by atoms with Crippen LogP contribution < -0.4 is 0 Å². The summed E-state index contributed by atoms with van der Waals surface area (Å²) in [5.74, 6) is 3.65. The molecule has 1 aromatic rings. The number of hydrogen-bond acceptors (Lipinski definition) is 5. The van der Waals surface area contributed by atoms with Crippen molar-refractivity contribution in [3.63, 3.8) is 0 Å². The molecular formula is C22H35N3O2S. The maximum absolute atomic E-state index is 13.1. The SMILES string of the molecule is O=C(C1CCCCCCC1)N1CCSC(c2noc(C3CCCCCC3)n2)C1. The molecule has 0 spiro atoms. The minimum atomic E-state index is 0.162. The lowest BCUT2D eigenvalue weighted by Crippen LogP contribution is -2.42. The summed E-state index contributed by atoms with van der Waals surface area (Å²) in [4.78, 5) is 20.0. The molecule has 1 unspecified atom stereocenters. The van der Waals surface area contributed by atoms with Crippen molar-refractivity contribution < 1.29 is 9.32 Å². The fraction of sp³-hybridized carbons (Fsp3) is 0.864. The van der Waals surface area contributed by atoms with Gasteiger partial charge in [-0.25, -0.2) is 0 Å². The Morgan fingerprint density at radius 1 is 0.929 bits per heavy atom. The van der Waals surface area contributed by atoms with Gasteiger partial charge in [0.15, 0.2) is 5.82 Å². The van der Waals surface area contributed by atoms with Gasteiger partial charge in [0.2, 0.25) is 11.8 Å². The molecule has 2 aliphatic carbocycles. The van der Waals surface area contributed by atoms with Crippen LogP contribution in [0.25, 0.3) is 0 Å². The standard InChI is InChI=1S/C22H35N3O2S/c26-22(18-12-8-2-1-3-9-13-18)25-14-15-28-19(16-25)20-23-21(27-24-20)17-10-6-4-5-7-11-17/h17-19H,1-16H2. The molecule has 0 aromatic carbocycles. The zero-order chi connectivity index (χ0) is 19.2. The third-order valence-electron chi connectivity index (χ3n) is 6.78. The molecule has 0 radical (unpaired) electrons. The molecule has 3 fully saturated rings. The van der Waals surface area contributed by atoms with Gasteiger partial charge in [-0.2, -0.15) is 4.98 Å². The van der Waals surface area contributed by atoms with Crippen LogP contribution in [0.5, 0.6) is 0 Å². The van der Waals surface area contributed by atoms with Crippen molar-refractivity contribution in [2.75, 3.05) is 18.8 Å². The van der Waals surface area contributed by atoms with Crippen LogP contribution in [0, 0.1) is 5.92 Å². The molecular weight excluding hydrogens is 370 g/mol. The minimum Gasteiger partial charge on any atom is -0.340 e. The second kappa shape index (κ2) is 10.1. The summed E-state index contributed by atoms with van der Waals surface area (Å²) in [7, 11) is 0. The van der Waals surface area contributed by atoms with E-state index in [1.807, 2.05) is 11.8 Å². The Hall–Kier alpha value is -1.04. The van der Waals surface area contributed by atoms with Crippen LogP contribution in [0.1, 0.15) is 106 Å². The van der Waals surface area contributed by atoms with Gasteiger partial charge in [0.25, 0.3) is 0 Å². The highest BCUT2D eigenvalue weighted by atomic mass is 32.2. The van der Waals surface area contributed by atoms with E-state index < -0.39 is 0 Å². The molecule has 2 saturated carbocycles. The van der Waals surface area contributed by atoms with E-state index in [0.29, 0.717) is 11.8 Å². The lowest BCUT2D eigenvalue weighted by molar-refractivity contribution is -0.136. The fourth-order valence-corrected chi connectivity index (χ4v) is 6.18. The number of carbonyl (C=O) groups is 1. The predicted molar refractivity (Wildman–Crippen MR) is 112 cm³/mol. The summed E-state index contributed by atoms with van der Waals surface area (Å²) in [6.45, 7) is 1.60. The average molecular weight is 406 g/mol. The molecule has 1 atom stereocenters. The van der Waals surface area contributed by atoms with Crippen molar-refractivity contribution in [2.24, 2.45) is 5.92 Å². The quantitative estimate of drug-likeness (QED) is 0.623. The molecule has 156 valence electrons. The summed E-state index contributed by atoms with van der Waals surface area (Å²) in [6.07, 6.45) is 16.0. The monoisotopic (exact) mass is 405 g/mol. The number of hydrogen-bond donors (Lipinski definition) is 0. The zero-order valence-corrected chi connectivity index (χ0v) is 17.9. The van der Waals surface area contributed by atoms with Gasteiger partial charge in [-0.1, -0.05) is 62.9 Å². The Morgan fingerprint density at radius 3 is 2.29 bits per heavy atom. The van der Waals surface area contributed by atoms with Crippen LogP contribution in [-0.4, -0.2) is 39.8 Å². The van der Waals surface area contributed by atoms with Gasteiger partial charge in [0.1, 0.15) is 0 Å². The van der Waals surface area contributed by atoms with Gasteiger partial charge in [-0.05, 0) is 25.7 Å². The fourth-order valence-electron chi connectivity index (χ4n) is 5.04. The summed E-state index contributed by atoms with van der Waals surface area (Å²) in [5.41, 5.74) is 0. The van der Waals surface area contributed by atoms with Crippen molar-refractivity contribution in [3.05, 3.63) is 11.7 Å². The largest absolute Gasteiger partial charge is 0.340 e. The minimum absolute atomic E-state index is 0.162. The van der Waals surface area contributed by atoms with E-state index in [-0.39, 0.29) is 11.2 Å². The van der Waals surface area contributed by atoms with Crippen molar-refractivity contribution in [3.8, 4) is 0 Å². The number of rotatable bonds is 3. The average Bonchev–Trinajstić information content (AvgIpc) is 3.03. The highest BCUT2D eigenvalue weighted by Crippen LogP contribution is 2.36. The third kappa shape index (κ3) is 5.11. The normalized spacial score (nSPS) is 26.4. The number of nitrogens with zero attached hydrogens (tertiary/aromatic N) is 3. The van der Waals surface area contributed by atoms with E-state index in [4.69, 9.17) is 9.51 Å². The summed E-state index contributed by atoms with van der Waals surface area (Å²) < 4.78 is 5.68.